The number of likely N-dealkylation sites (tertiary alicyclic amines) is 1. The van der Waals surface area contributed by atoms with Crippen LogP contribution in [0.5, 0.6) is 0 Å². The van der Waals surface area contributed by atoms with Gasteiger partial charge >= 0.3 is 0 Å². The van der Waals surface area contributed by atoms with Gasteiger partial charge in [0.15, 0.2) is 5.71 Å². The molecule has 106 valence electrons. The first-order chi connectivity index (χ1) is 9.58. The molecule has 1 aromatic carbocycles. The van der Waals surface area contributed by atoms with E-state index in [-0.39, 0.29) is 16.6 Å². The summed E-state index contributed by atoms with van der Waals surface area (Å²) in [7, 11) is 0. The molecule has 0 atom stereocenters. The van der Waals surface area contributed by atoms with E-state index in [0.29, 0.717) is 0 Å². The molecule has 0 unspecified atom stereocenters. The maximum atomic E-state index is 12.2. The Morgan fingerprint density at radius 3 is 2.45 bits per heavy atom. The van der Waals surface area contributed by atoms with E-state index in [4.69, 9.17) is 18.0 Å². The highest BCUT2D eigenvalue weighted by Gasteiger charge is 2.24. The van der Waals surface area contributed by atoms with E-state index in [1.165, 1.54) is 0 Å². The molecule has 6 heteroatoms. The molecular weight excluding hydrogens is 272 g/mol. The Bertz CT molecular complexity index is 533. The Morgan fingerprint density at radius 2 is 1.90 bits per heavy atom. The molecule has 0 aromatic heterocycles. The van der Waals surface area contributed by atoms with Crippen LogP contribution in [0.1, 0.15) is 18.4 Å². The minimum Gasteiger partial charge on any atom is -0.388 e. The third kappa shape index (κ3) is 3.54. The van der Waals surface area contributed by atoms with E-state index in [1.54, 1.807) is 4.90 Å². The van der Waals surface area contributed by atoms with Gasteiger partial charge in [-0.2, -0.15) is 5.10 Å². The number of rotatable bonds is 4. The number of carbonyl (C=O) groups is 1. The number of nitrogens with two attached hydrogens (primary N) is 1. The Kier molecular flexibility index (Phi) is 4.68. The molecule has 1 heterocycles. The Morgan fingerprint density at radius 1 is 1.30 bits per heavy atom. The van der Waals surface area contributed by atoms with Gasteiger partial charge in [-0.1, -0.05) is 29.9 Å². The molecular formula is C14H18N4OS. The van der Waals surface area contributed by atoms with Crippen LogP contribution in [-0.2, 0) is 4.79 Å². The molecule has 0 aliphatic carbocycles. The average molecular weight is 290 g/mol. The van der Waals surface area contributed by atoms with Gasteiger partial charge in [0.05, 0.1) is 5.69 Å². The summed E-state index contributed by atoms with van der Waals surface area (Å²) in [6.07, 6.45) is 2.03. The monoisotopic (exact) mass is 290 g/mol. The second kappa shape index (κ2) is 6.47. The van der Waals surface area contributed by atoms with E-state index in [0.717, 1.165) is 37.2 Å². The number of nitrogens with one attached hydrogen (secondary N) is 1. The van der Waals surface area contributed by atoms with Gasteiger partial charge in [0, 0.05) is 13.1 Å². The zero-order chi connectivity index (χ0) is 14.5. The fraction of sp³-hybridized carbons (Fsp3) is 0.357. The third-order valence-corrected chi connectivity index (χ3v) is 3.37. The zero-order valence-corrected chi connectivity index (χ0v) is 12.2. The number of hydrogen-bond acceptors (Lipinski definition) is 4. The van der Waals surface area contributed by atoms with Crippen molar-refractivity contribution in [2.45, 2.75) is 19.8 Å². The lowest BCUT2D eigenvalue weighted by Crippen LogP contribution is -2.40. The number of benzene rings is 1. The number of nitrogens with zero attached hydrogens (tertiary/aromatic N) is 2. The highest BCUT2D eigenvalue weighted by Crippen LogP contribution is 2.10. The van der Waals surface area contributed by atoms with Crippen molar-refractivity contribution in [1.82, 2.24) is 4.90 Å². The van der Waals surface area contributed by atoms with Gasteiger partial charge in [0.25, 0.3) is 5.91 Å². The van der Waals surface area contributed by atoms with Crippen LogP contribution in [0.4, 0.5) is 5.69 Å². The lowest BCUT2D eigenvalue weighted by molar-refractivity contribution is -0.122. The van der Waals surface area contributed by atoms with Crippen molar-refractivity contribution in [3.05, 3.63) is 29.8 Å². The van der Waals surface area contributed by atoms with Crippen molar-refractivity contribution in [3.63, 3.8) is 0 Å². The van der Waals surface area contributed by atoms with Crippen LogP contribution in [0, 0.1) is 6.92 Å². The molecule has 1 amide bonds. The summed E-state index contributed by atoms with van der Waals surface area (Å²) in [5.41, 5.74) is 10.5. The predicted molar refractivity (Wildman–Crippen MR) is 84.8 cm³/mol. The van der Waals surface area contributed by atoms with Gasteiger partial charge in [0.1, 0.15) is 4.99 Å². The van der Waals surface area contributed by atoms with E-state index < -0.39 is 0 Å². The van der Waals surface area contributed by atoms with Crippen LogP contribution in [-0.4, -0.2) is 34.6 Å². The molecule has 0 spiro atoms. The topological polar surface area (TPSA) is 70.7 Å². The van der Waals surface area contributed by atoms with Crippen LogP contribution in [0.2, 0.25) is 0 Å². The third-order valence-electron chi connectivity index (χ3n) is 3.18. The van der Waals surface area contributed by atoms with Gasteiger partial charge in [-0.25, -0.2) is 0 Å². The zero-order valence-electron chi connectivity index (χ0n) is 11.4. The highest BCUT2D eigenvalue weighted by atomic mass is 32.1. The molecule has 1 fully saturated rings. The number of hydrazone groups is 1. The Labute approximate surface area is 123 Å². The second-order valence-electron chi connectivity index (χ2n) is 4.80. The number of hydrogen-bond donors (Lipinski definition) is 2. The van der Waals surface area contributed by atoms with E-state index in [9.17, 15) is 4.79 Å². The number of thiocarbonyl (C=S) groups is 1. The first kappa shape index (κ1) is 14.5. The van der Waals surface area contributed by atoms with E-state index in [1.807, 2.05) is 31.2 Å². The van der Waals surface area contributed by atoms with Crippen molar-refractivity contribution >= 4 is 34.5 Å². The van der Waals surface area contributed by atoms with Crippen molar-refractivity contribution in [3.8, 4) is 0 Å². The molecule has 5 nitrogen and oxygen atoms in total. The molecule has 0 saturated carbocycles. The summed E-state index contributed by atoms with van der Waals surface area (Å²) >= 11 is 4.92. The van der Waals surface area contributed by atoms with Crippen LogP contribution in [0.3, 0.4) is 0 Å². The molecule has 0 bridgehead atoms. The number of anilines is 1. The van der Waals surface area contributed by atoms with Crippen LogP contribution >= 0.6 is 12.2 Å². The van der Waals surface area contributed by atoms with Gasteiger partial charge in [0.2, 0.25) is 0 Å². The summed E-state index contributed by atoms with van der Waals surface area (Å²) in [5.74, 6) is -0.199. The summed E-state index contributed by atoms with van der Waals surface area (Å²) in [6.45, 7) is 3.49. The summed E-state index contributed by atoms with van der Waals surface area (Å²) in [4.78, 5) is 14.0. The van der Waals surface area contributed by atoms with Crippen LogP contribution in [0.15, 0.2) is 29.4 Å². The van der Waals surface area contributed by atoms with E-state index >= 15 is 0 Å². The largest absolute Gasteiger partial charge is 0.388 e. The lowest BCUT2D eigenvalue weighted by Gasteiger charge is -2.16. The lowest BCUT2D eigenvalue weighted by atomic mass is 10.2. The normalized spacial score (nSPS) is 15.2. The van der Waals surface area contributed by atoms with Crippen LogP contribution in [0.25, 0.3) is 0 Å². The molecule has 0 radical (unpaired) electrons. The number of amides is 1. The molecule has 1 aliphatic heterocycles. The van der Waals surface area contributed by atoms with E-state index in [2.05, 4.69) is 10.5 Å². The molecule has 1 saturated heterocycles. The smallest absolute Gasteiger partial charge is 0.277 e. The van der Waals surface area contributed by atoms with Crippen molar-refractivity contribution in [2.75, 3.05) is 18.5 Å². The summed E-state index contributed by atoms with van der Waals surface area (Å²) in [6, 6.07) is 7.69. The Balaban J connectivity index is 2.11. The molecule has 1 aliphatic rings. The molecule has 3 N–H and O–H groups in total. The van der Waals surface area contributed by atoms with Gasteiger partial charge in [-0.15, -0.1) is 0 Å². The molecule has 20 heavy (non-hydrogen) atoms. The summed E-state index contributed by atoms with van der Waals surface area (Å²) in [5, 5.41) is 4.08. The van der Waals surface area contributed by atoms with Gasteiger partial charge in [-0.05, 0) is 31.9 Å². The second-order valence-corrected chi connectivity index (χ2v) is 5.24. The average Bonchev–Trinajstić information content (AvgIpc) is 2.94. The maximum Gasteiger partial charge on any atom is 0.277 e. The van der Waals surface area contributed by atoms with Crippen molar-refractivity contribution in [1.29, 1.82) is 0 Å². The minimum absolute atomic E-state index is 0.0153. The van der Waals surface area contributed by atoms with Gasteiger partial charge in [-0.3, -0.25) is 10.2 Å². The minimum atomic E-state index is -0.199. The number of carbonyl (C=O) groups excluding carboxylic acids is 1. The maximum absolute atomic E-state index is 12.2. The summed E-state index contributed by atoms with van der Waals surface area (Å²) < 4.78 is 0. The SMILES string of the molecule is Cc1ccc(N/N=C(/C(=O)N2CCCC2)C(N)=S)cc1. The fourth-order valence-electron chi connectivity index (χ4n) is 2.03. The quantitative estimate of drug-likeness (QED) is 0.503. The first-order valence-electron chi connectivity index (χ1n) is 6.57. The Hall–Kier alpha value is -1.95. The molecule has 1 aromatic rings. The van der Waals surface area contributed by atoms with Crippen molar-refractivity contribution < 1.29 is 4.79 Å². The molecule has 2 rings (SSSR count). The van der Waals surface area contributed by atoms with Crippen molar-refractivity contribution in [2.24, 2.45) is 10.8 Å². The predicted octanol–water partition coefficient (Wildman–Crippen LogP) is 1.67. The standard InChI is InChI=1S/C14H18N4OS/c1-10-4-6-11(7-5-10)16-17-12(13(15)20)14(19)18-8-2-3-9-18/h4-7,16H,2-3,8-9H2,1H3,(H2,15,20)/b17-12+. The fourth-order valence-corrected chi connectivity index (χ4v) is 2.16. The highest BCUT2D eigenvalue weighted by molar-refractivity contribution is 7.82. The van der Waals surface area contributed by atoms with Crippen LogP contribution < -0.4 is 11.2 Å². The number of aryl methyl sites for hydroxylation is 1. The first-order valence-corrected chi connectivity index (χ1v) is 6.98. The van der Waals surface area contributed by atoms with Gasteiger partial charge < -0.3 is 10.6 Å².